The number of phenols is 1. The Kier molecular flexibility index (Phi) is 4.44. The molecule has 0 spiro atoms. The lowest BCUT2D eigenvalue weighted by molar-refractivity contribution is 0.0387. The molecule has 1 aliphatic rings. The first-order valence-corrected chi connectivity index (χ1v) is 6.34. The molecule has 1 aromatic carbocycles. The van der Waals surface area contributed by atoms with Gasteiger partial charge >= 0.3 is 0 Å². The summed E-state index contributed by atoms with van der Waals surface area (Å²) in [6, 6.07) is 5.48. The van der Waals surface area contributed by atoms with Crippen molar-refractivity contribution in [1.82, 2.24) is 4.90 Å². The Morgan fingerprint density at radius 1 is 1.28 bits per heavy atom. The quantitative estimate of drug-likeness (QED) is 0.889. The molecule has 0 unspecified atom stereocenters. The average molecular weight is 251 g/mol. The summed E-state index contributed by atoms with van der Waals surface area (Å²) in [6.07, 6.45) is 2.52. The molecule has 0 aromatic heterocycles. The third kappa shape index (κ3) is 3.15. The molecule has 18 heavy (non-hydrogen) atoms. The molecule has 1 saturated heterocycles. The van der Waals surface area contributed by atoms with Crippen LogP contribution in [0.1, 0.15) is 18.4 Å². The molecule has 0 saturated carbocycles. The fraction of sp³-hybridized carbons (Fsp3) is 0.571. The Morgan fingerprint density at radius 2 is 2.00 bits per heavy atom. The van der Waals surface area contributed by atoms with Gasteiger partial charge in [0.15, 0.2) is 0 Å². The van der Waals surface area contributed by atoms with E-state index in [0.717, 1.165) is 38.0 Å². The van der Waals surface area contributed by atoms with E-state index >= 15 is 0 Å². The first-order chi connectivity index (χ1) is 8.72. The van der Waals surface area contributed by atoms with Crippen LogP contribution in [0.15, 0.2) is 18.2 Å². The van der Waals surface area contributed by atoms with Gasteiger partial charge in [0.25, 0.3) is 0 Å². The van der Waals surface area contributed by atoms with Gasteiger partial charge in [0.05, 0.1) is 13.2 Å². The van der Waals surface area contributed by atoms with Gasteiger partial charge in [-0.2, -0.15) is 0 Å². The molecule has 1 N–H and O–H groups in total. The van der Waals surface area contributed by atoms with Gasteiger partial charge in [0.1, 0.15) is 11.5 Å². The number of piperidine rings is 1. The molecule has 0 amide bonds. The van der Waals surface area contributed by atoms with Crippen molar-refractivity contribution in [1.29, 1.82) is 0 Å². The topological polar surface area (TPSA) is 41.9 Å². The number of likely N-dealkylation sites (tertiary alicyclic amines) is 1. The minimum atomic E-state index is 0.309. The first kappa shape index (κ1) is 13.2. The van der Waals surface area contributed by atoms with Crippen LogP contribution in [0.5, 0.6) is 11.5 Å². The van der Waals surface area contributed by atoms with E-state index in [2.05, 4.69) is 4.90 Å². The normalized spacial score (nSPS) is 17.9. The van der Waals surface area contributed by atoms with Crippen molar-refractivity contribution in [3.63, 3.8) is 0 Å². The Bertz CT molecular complexity index is 387. The summed E-state index contributed by atoms with van der Waals surface area (Å²) in [4.78, 5) is 2.34. The third-order valence-electron chi connectivity index (χ3n) is 3.55. The van der Waals surface area contributed by atoms with Gasteiger partial charge in [0, 0.05) is 38.4 Å². The second-order valence-corrected chi connectivity index (χ2v) is 4.71. The van der Waals surface area contributed by atoms with Crippen molar-refractivity contribution in [2.45, 2.75) is 25.5 Å². The summed E-state index contributed by atoms with van der Waals surface area (Å²) in [5.41, 5.74) is 0.951. The monoisotopic (exact) mass is 251 g/mol. The van der Waals surface area contributed by atoms with Gasteiger partial charge in [-0.3, -0.25) is 4.90 Å². The molecular weight excluding hydrogens is 230 g/mol. The van der Waals surface area contributed by atoms with Crippen LogP contribution in [0.25, 0.3) is 0 Å². The van der Waals surface area contributed by atoms with Gasteiger partial charge in [-0.25, -0.2) is 0 Å². The van der Waals surface area contributed by atoms with Crippen molar-refractivity contribution in [2.75, 3.05) is 27.3 Å². The van der Waals surface area contributed by atoms with E-state index in [1.54, 1.807) is 20.3 Å². The lowest BCUT2D eigenvalue weighted by Crippen LogP contribution is -2.36. The number of hydrogen-bond donors (Lipinski definition) is 1. The van der Waals surface area contributed by atoms with Crippen LogP contribution in [0.2, 0.25) is 0 Å². The molecule has 0 bridgehead atoms. The van der Waals surface area contributed by atoms with Crippen LogP contribution in [-0.4, -0.2) is 43.4 Å². The van der Waals surface area contributed by atoms with Crippen LogP contribution in [0, 0.1) is 0 Å². The minimum Gasteiger partial charge on any atom is -0.507 e. The highest BCUT2D eigenvalue weighted by molar-refractivity contribution is 5.39. The number of nitrogens with zero attached hydrogens (tertiary/aromatic N) is 1. The average Bonchev–Trinajstić information content (AvgIpc) is 2.42. The third-order valence-corrected chi connectivity index (χ3v) is 3.55. The second kappa shape index (κ2) is 6.07. The fourth-order valence-electron chi connectivity index (χ4n) is 2.35. The summed E-state index contributed by atoms with van der Waals surface area (Å²) < 4.78 is 10.4. The Morgan fingerprint density at radius 3 is 2.56 bits per heavy atom. The molecule has 100 valence electrons. The van der Waals surface area contributed by atoms with Gasteiger partial charge < -0.3 is 14.6 Å². The zero-order valence-corrected chi connectivity index (χ0v) is 11.1. The number of aromatic hydroxyl groups is 1. The van der Waals surface area contributed by atoms with E-state index in [1.807, 2.05) is 12.1 Å². The zero-order chi connectivity index (χ0) is 13.0. The Hall–Kier alpha value is -1.26. The van der Waals surface area contributed by atoms with Gasteiger partial charge in [-0.1, -0.05) is 6.07 Å². The Balaban J connectivity index is 1.94. The van der Waals surface area contributed by atoms with Crippen LogP contribution in [0.4, 0.5) is 0 Å². The highest BCUT2D eigenvalue weighted by Gasteiger charge is 2.19. The van der Waals surface area contributed by atoms with E-state index < -0.39 is 0 Å². The molecule has 1 fully saturated rings. The highest BCUT2D eigenvalue weighted by atomic mass is 16.5. The summed E-state index contributed by atoms with van der Waals surface area (Å²) in [6.45, 7) is 2.82. The maximum Gasteiger partial charge on any atom is 0.123 e. The molecule has 1 aliphatic heterocycles. The molecule has 1 aromatic rings. The molecule has 2 rings (SSSR count). The van der Waals surface area contributed by atoms with E-state index in [9.17, 15) is 5.11 Å². The summed E-state index contributed by atoms with van der Waals surface area (Å²) in [5.74, 6) is 0.998. The predicted molar refractivity (Wildman–Crippen MR) is 70.0 cm³/mol. The van der Waals surface area contributed by atoms with Gasteiger partial charge in [0.2, 0.25) is 0 Å². The maximum absolute atomic E-state index is 9.92. The van der Waals surface area contributed by atoms with Crippen molar-refractivity contribution in [2.24, 2.45) is 0 Å². The molecule has 0 atom stereocenters. The van der Waals surface area contributed by atoms with Crippen LogP contribution < -0.4 is 4.74 Å². The van der Waals surface area contributed by atoms with E-state index in [-0.39, 0.29) is 0 Å². The Labute approximate surface area is 108 Å². The number of methoxy groups -OCH3 is 2. The lowest BCUT2D eigenvalue weighted by Gasteiger charge is -2.31. The number of ether oxygens (including phenoxy) is 2. The zero-order valence-electron chi connectivity index (χ0n) is 11.1. The van der Waals surface area contributed by atoms with Crippen molar-refractivity contribution < 1.29 is 14.6 Å². The first-order valence-electron chi connectivity index (χ1n) is 6.34. The van der Waals surface area contributed by atoms with Crippen molar-refractivity contribution >= 4 is 0 Å². The standard InChI is InChI=1S/C14H21NO3/c1-17-12-5-7-15(8-6-12)10-11-3-4-13(18-2)9-14(11)16/h3-4,9,12,16H,5-8,10H2,1-2H3. The number of rotatable bonds is 4. The maximum atomic E-state index is 9.92. The number of phenolic OH excluding ortho intramolecular Hbond substituents is 1. The largest absolute Gasteiger partial charge is 0.507 e. The summed E-state index contributed by atoms with van der Waals surface area (Å²) >= 11 is 0. The molecule has 0 aliphatic carbocycles. The summed E-state index contributed by atoms with van der Waals surface area (Å²) in [7, 11) is 3.37. The molecule has 1 heterocycles. The van der Waals surface area contributed by atoms with Crippen LogP contribution >= 0.6 is 0 Å². The van der Waals surface area contributed by atoms with Crippen molar-refractivity contribution in [3.8, 4) is 11.5 Å². The van der Waals surface area contributed by atoms with E-state index in [4.69, 9.17) is 9.47 Å². The van der Waals surface area contributed by atoms with E-state index in [0.29, 0.717) is 17.6 Å². The number of benzene rings is 1. The molecule has 4 nitrogen and oxygen atoms in total. The van der Waals surface area contributed by atoms with Crippen LogP contribution in [-0.2, 0) is 11.3 Å². The SMILES string of the molecule is COc1ccc(CN2CCC(OC)CC2)c(O)c1. The fourth-order valence-corrected chi connectivity index (χ4v) is 2.35. The van der Waals surface area contributed by atoms with Crippen LogP contribution in [0.3, 0.4) is 0 Å². The second-order valence-electron chi connectivity index (χ2n) is 4.71. The molecular formula is C14H21NO3. The molecule has 4 heteroatoms. The van der Waals surface area contributed by atoms with E-state index in [1.165, 1.54) is 0 Å². The van der Waals surface area contributed by atoms with Gasteiger partial charge in [-0.15, -0.1) is 0 Å². The lowest BCUT2D eigenvalue weighted by atomic mass is 10.1. The highest BCUT2D eigenvalue weighted by Crippen LogP contribution is 2.25. The van der Waals surface area contributed by atoms with Gasteiger partial charge in [-0.05, 0) is 18.9 Å². The smallest absolute Gasteiger partial charge is 0.123 e. The van der Waals surface area contributed by atoms with Crippen molar-refractivity contribution in [3.05, 3.63) is 23.8 Å². The molecule has 0 radical (unpaired) electrons. The summed E-state index contributed by atoms with van der Waals surface area (Å²) in [5, 5.41) is 9.92. The minimum absolute atomic E-state index is 0.309. The predicted octanol–water partition coefficient (Wildman–Crippen LogP) is 2.01. The number of hydrogen-bond acceptors (Lipinski definition) is 4.